The highest BCUT2D eigenvalue weighted by atomic mass is 19.4. The van der Waals surface area contributed by atoms with Gasteiger partial charge < -0.3 is 10.2 Å². The van der Waals surface area contributed by atoms with Gasteiger partial charge in [0.2, 0.25) is 5.91 Å². The molecular weight excluding hydrogens is 435 g/mol. The molecule has 1 fully saturated rings. The maximum Gasteiger partial charge on any atom is 0.453 e. The van der Waals surface area contributed by atoms with Crippen molar-refractivity contribution in [3.05, 3.63) is 53.4 Å². The Morgan fingerprint density at radius 3 is 2.47 bits per heavy atom. The van der Waals surface area contributed by atoms with Gasteiger partial charge in [-0.3, -0.25) is 4.79 Å². The number of halogens is 5. The Morgan fingerprint density at radius 2 is 1.81 bits per heavy atom. The summed E-state index contributed by atoms with van der Waals surface area (Å²) in [6.07, 6.45) is -3.75. The van der Waals surface area contributed by atoms with Crippen LogP contribution in [-0.4, -0.2) is 38.8 Å². The molecule has 32 heavy (non-hydrogen) atoms. The summed E-state index contributed by atoms with van der Waals surface area (Å²) in [6, 6.07) is 5.94. The molecule has 1 atom stereocenters. The number of benzene rings is 1. The highest BCUT2D eigenvalue weighted by Crippen LogP contribution is 2.29. The summed E-state index contributed by atoms with van der Waals surface area (Å²) in [5.74, 6) is -3.35. The van der Waals surface area contributed by atoms with Crippen molar-refractivity contribution in [2.24, 2.45) is 5.92 Å². The fraction of sp³-hybridized carbons (Fsp3) is 0.400. The van der Waals surface area contributed by atoms with Crippen molar-refractivity contribution in [2.75, 3.05) is 18.0 Å². The second kappa shape index (κ2) is 8.32. The summed E-state index contributed by atoms with van der Waals surface area (Å²) < 4.78 is 66.4. The van der Waals surface area contributed by atoms with E-state index in [2.05, 4.69) is 20.6 Å². The van der Waals surface area contributed by atoms with Crippen molar-refractivity contribution in [1.82, 2.24) is 25.1 Å². The molecule has 12 heteroatoms. The van der Waals surface area contributed by atoms with E-state index in [-0.39, 0.29) is 17.5 Å². The summed E-state index contributed by atoms with van der Waals surface area (Å²) >= 11 is 0. The number of hydrogen-bond acceptors (Lipinski definition) is 5. The fourth-order valence-corrected chi connectivity index (χ4v) is 3.69. The van der Waals surface area contributed by atoms with Gasteiger partial charge in [0.15, 0.2) is 17.3 Å². The smallest absolute Gasteiger partial charge is 0.355 e. The number of nitrogens with zero attached hydrogens (tertiary/aromatic N) is 5. The first-order valence-corrected chi connectivity index (χ1v) is 9.93. The molecule has 1 N–H and O–H groups in total. The molecule has 1 aromatic carbocycles. The van der Waals surface area contributed by atoms with Gasteiger partial charge in [-0.2, -0.15) is 17.7 Å². The standard InChI is InChI=1S/C20H19F5N6O/c1-11(13-2-3-14(21)15(22)10-13)26-18(32)12-6-8-30(9-7-12)17-5-4-16-27-28-19(20(23,24)25)31(16)29-17/h2-5,10-12H,6-9H2,1H3,(H,26,32). The first kappa shape index (κ1) is 21.9. The number of carbonyl (C=O) groups is 1. The minimum Gasteiger partial charge on any atom is -0.355 e. The van der Waals surface area contributed by atoms with E-state index in [9.17, 15) is 26.7 Å². The van der Waals surface area contributed by atoms with Crippen LogP contribution in [0.1, 0.15) is 37.2 Å². The van der Waals surface area contributed by atoms with Gasteiger partial charge in [0, 0.05) is 19.0 Å². The predicted octanol–water partition coefficient (Wildman–Crippen LogP) is 3.52. The Bertz CT molecular complexity index is 1140. The number of fused-ring (bicyclic) bond motifs is 1. The Kier molecular flexibility index (Phi) is 5.70. The maximum absolute atomic E-state index is 13.4. The number of alkyl halides is 3. The first-order valence-electron chi connectivity index (χ1n) is 9.93. The number of hydrogen-bond donors (Lipinski definition) is 1. The molecule has 3 aromatic rings. The van der Waals surface area contributed by atoms with Crippen LogP contribution in [0, 0.1) is 17.6 Å². The van der Waals surface area contributed by atoms with E-state index >= 15 is 0 Å². The molecule has 1 saturated heterocycles. The lowest BCUT2D eigenvalue weighted by Gasteiger charge is -2.32. The van der Waals surface area contributed by atoms with Crippen LogP contribution in [0.25, 0.3) is 5.65 Å². The molecule has 1 unspecified atom stereocenters. The van der Waals surface area contributed by atoms with Crippen LogP contribution >= 0.6 is 0 Å². The Labute approximate surface area is 179 Å². The lowest BCUT2D eigenvalue weighted by Crippen LogP contribution is -2.41. The lowest BCUT2D eigenvalue weighted by molar-refractivity contribution is -0.146. The molecule has 3 heterocycles. The Hall–Kier alpha value is -3.31. The molecule has 2 aromatic heterocycles. The van der Waals surface area contributed by atoms with Crippen LogP contribution in [-0.2, 0) is 11.0 Å². The molecule has 0 spiro atoms. The zero-order valence-corrected chi connectivity index (χ0v) is 16.9. The van der Waals surface area contributed by atoms with E-state index < -0.39 is 29.7 Å². The second-order valence-corrected chi connectivity index (χ2v) is 7.65. The topological polar surface area (TPSA) is 75.4 Å². The summed E-state index contributed by atoms with van der Waals surface area (Å²) in [7, 11) is 0. The minimum absolute atomic E-state index is 0.0124. The number of rotatable bonds is 4. The van der Waals surface area contributed by atoms with Gasteiger partial charge >= 0.3 is 6.18 Å². The lowest BCUT2D eigenvalue weighted by atomic mass is 9.95. The van der Waals surface area contributed by atoms with E-state index in [1.54, 1.807) is 17.9 Å². The van der Waals surface area contributed by atoms with E-state index in [4.69, 9.17) is 0 Å². The average molecular weight is 454 g/mol. The molecule has 7 nitrogen and oxygen atoms in total. The summed E-state index contributed by atoms with van der Waals surface area (Å²) in [5, 5.41) is 13.5. The first-order chi connectivity index (χ1) is 15.1. The zero-order chi connectivity index (χ0) is 23.0. The van der Waals surface area contributed by atoms with Gasteiger partial charge in [-0.25, -0.2) is 8.78 Å². The van der Waals surface area contributed by atoms with Crippen molar-refractivity contribution in [1.29, 1.82) is 0 Å². The van der Waals surface area contributed by atoms with E-state index in [0.717, 1.165) is 12.1 Å². The number of aromatic nitrogens is 4. The largest absolute Gasteiger partial charge is 0.453 e. The number of carbonyl (C=O) groups excluding carboxylic acids is 1. The van der Waals surface area contributed by atoms with Crippen molar-refractivity contribution in [3.8, 4) is 0 Å². The SMILES string of the molecule is CC(NC(=O)C1CCN(c2ccc3nnc(C(F)(F)F)n3n2)CC1)c1ccc(F)c(F)c1. The molecule has 170 valence electrons. The molecule has 0 saturated carbocycles. The monoisotopic (exact) mass is 454 g/mol. The minimum atomic E-state index is -4.68. The van der Waals surface area contributed by atoms with Crippen molar-refractivity contribution >= 4 is 17.4 Å². The number of nitrogens with one attached hydrogen (secondary N) is 1. The third-order valence-electron chi connectivity index (χ3n) is 5.49. The van der Waals surface area contributed by atoms with Crippen LogP contribution in [0.3, 0.4) is 0 Å². The van der Waals surface area contributed by atoms with Gasteiger partial charge in [-0.1, -0.05) is 6.07 Å². The summed E-state index contributed by atoms with van der Waals surface area (Å²) in [4.78, 5) is 14.4. The third kappa shape index (κ3) is 4.34. The summed E-state index contributed by atoms with van der Waals surface area (Å²) in [6.45, 7) is 2.51. The van der Waals surface area contributed by atoms with E-state index in [0.29, 0.717) is 41.8 Å². The molecule has 0 bridgehead atoms. The van der Waals surface area contributed by atoms with Crippen LogP contribution in [0.2, 0.25) is 0 Å². The van der Waals surface area contributed by atoms with Gasteiger partial charge in [-0.05, 0) is 49.6 Å². The predicted molar refractivity (Wildman–Crippen MR) is 104 cm³/mol. The number of piperidine rings is 1. The number of amides is 1. The van der Waals surface area contributed by atoms with Crippen LogP contribution in [0.15, 0.2) is 30.3 Å². The third-order valence-corrected chi connectivity index (χ3v) is 5.49. The van der Waals surface area contributed by atoms with Crippen molar-refractivity contribution in [3.63, 3.8) is 0 Å². The summed E-state index contributed by atoms with van der Waals surface area (Å²) in [5.41, 5.74) is 0.433. The fourth-order valence-electron chi connectivity index (χ4n) is 3.69. The Morgan fingerprint density at radius 1 is 1.09 bits per heavy atom. The number of anilines is 1. The van der Waals surface area contributed by atoms with Crippen molar-refractivity contribution in [2.45, 2.75) is 32.0 Å². The highest BCUT2D eigenvalue weighted by Gasteiger charge is 2.38. The van der Waals surface area contributed by atoms with Crippen LogP contribution in [0.5, 0.6) is 0 Å². The van der Waals surface area contributed by atoms with Gasteiger partial charge in [-0.15, -0.1) is 15.3 Å². The maximum atomic E-state index is 13.4. The normalized spacial score (nSPS) is 16.4. The molecule has 0 aliphatic carbocycles. The van der Waals surface area contributed by atoms with Gasteiger partial charge in [0.25, 0.3) is 5.82 Å². The molecule has 4 rings (SSSR count). The van der Waals surface area contributed by atoms with E-state index in [1.807, 2.05) is 0 Å². The second-order valence-electron chi connectivity index (χ2n) is 7.65. The highest BCUT2D eigenvalue weighted by molar-refractivity contribution is 5.79. The molecular formula is C20H19F5N6O. The zero-order valence-electron chi connectivity index (χ0n) is 16.9. The van der Waals surface area contributed by atoms with E-state index in [1.165, 1.54) is 12.1 Å². The van der Waals surface area contributed by atoms with Gasteiger partial charge in [0.05, 0.1) is 6.04 Å². The quantitative estimate of drug-likeness (QED) is 0.611. The van der Waals surface area contributed by atoms with Gasteiger partial charge in [0.1, 0.15) is 5.82 Å². The molecule has 1 aliphatic rings. The molecule has 1 amide bonds. The van der Waals surface area contributed by atoms with Crippen LogP contribution < -0.4 is 10.2 Å². The molecule has 0 radical (unpaired) electrons. The Balaban J connectivity index is 1.39. The average Bonchev–Trinajstić information content (AvgIpc) is 3.19. The van der Waals surface area contributed by atoms with Crippen molar-refractivity contribution < 1.29 is 26.7 Å². The van der Waals surface area contributed by atoms with Crippen LogP contribution in [0.4, 0.5) is 27.8 Å². The molecule has 1 aliphatic heterocycles.